The Balaban J connectivity index is 1.80. The first-order chi connectivity index (χ1) is 14.6. The fourth-order valence-corrected chi connectivity index (χ4v) is 2.62. The number of nitro benzene ring substituents is 1. The Morgan fingerprint density at radius 2 is 1.67 bits per heavy atom. The highest BCUT2D eigenvalue weighted by atomic mass is 16.6. The van der Waals surface area contributed by atoms with Crippen molar-refractivity contribution in [2.45, 2.75) is 13.8 Å². The molecule has 0 aliphatic rings. The van der Waals surface area contributed by atoms with Gasteiger partial charge in [-0.15, -0.1) is 0 Å². The van der Waals surface area contributed by atoms with E-state index in [0.717, 1.165) is 18.8 Å². The van der Waals surface area contributed by atoms with Gasteiger partial charge >= 0.3 is 0 Å². The highest BCUT2D eigenvalue weighted by Gasteiger charge is 2.11. The summed E-state index contributed by atoms with van der Waals surface area (Å²) in [4.78, 5) is 25.6. The minimum absolute atomic E-state index is 0.0260. The lowest BCUT2D eigenvalue weighted by molar-refractivity contribution is -0.384. The van der Waals surface area contributed by atoms with Crippen LogP contribution in [0.3, 0.4) is 0 Å². The zero-order valence-corrected chi connectivity index (χ0v) is 16.7. The molecule has 3 rings (SSSR count). The lowest BCUT2D eigenvalue weighted by Gasteiger charge is -2.19. The molecule has 30 heavy (non-hydrogen) atoms. The van der Waals surface area contributed by atoms with E-state index in [0.29, 0.717) is 17.5 Å². The maximum Gasteiger partial charge on any atom is 0.269 e. The van der Waals surface area contributed by atoms with Crippen molar-refractivity contribution in [2.24, 2.45) is 5.10 Å². The summed E-state index contributed by atoms with van der Waals surface area (Å²) in [6, 6.07) is 15.7. The summed E-state index contributed by atoms with van der Waals surface area (Å²) in [5.41, 5.74) is 4.39. The molecule has 0 unspecified atom stereocenters. The Hall–Kier alpha value is -4.08. The van der Waals surface area contributed by atoms with Crippen LogP contribution in [-0.4, -0.2) is 39.2 Å². The van der Waals surface area contributed by atoms with E-state index in [9.17, 15) is 10.1 Å². The van der Waals surface area contributed by atoms with Crippen molar-refractivity contribution < 1.29 is 4.92 Å². The molecule has 2 aromatic carbocycles. The maximum atomic E-state index is 10.7. The molecule has 0 bridgehead atoms. The molecule has 0 atom stereocenters. The van der Waals surface area contributed by atoms with Crippen LogP contribution in [0.2, 0.25) is 0 Å². The first-order valence-electron chi connectivity index (χ1n) is 9.45. The molecule has 10 heteroatoms. The van der Waals surface area contributed by atoms with E-state index in [-0.39, 0.29) is 11.6 Å². The summed E-state index contributed by atoms with van der Waals surface area (Å²) in [7, 11) is 0. The van der Waals surface area contributed by atoms with Gasteiger partial charge in [0.15, 0.2) is 0 Å². The van der Waals surface area contributed by atoms with Crippen LogP contribution in [0.15, 0.2) is 59.7 Å². The number of hydrogen-bond donors (Lipinski definition) is 2. The second-order valence-electron chi connectivity index (χ2n) is 6.16. The number of nitrogens with zero attached hydrogens (tertiary/aromatic N) is 6. The monoisotopic (exact) mass is 406 g/mol. The largest absolute Gasteiger partial charge is 0.341 e. The molecule has 1 aromatic heterocycles. The molecule has 0 spiro atoms. The van der Waals surface area contributed by atoms with Gasteiger partial charge in [-0.05, 0) is 43.7 Å². The fourth-order valence-electron chi connectivity index (χ4n) is 2.62. The second kappa shape index (κ2) is 9.92. The number of anilines is 4. The number of nitrogens with one attached hydrogen (secondary N) is 2. The number of benzene rings is 2. The van der Waals surface area contributed by atoms with Gasteiger partial charge in [0.1, 0.15) is 0 Å². The number of hydrogen-bond acceptors (Lipinski definition) is 9. The minimum Gasteiger partial charge on any atom is -0.341 e. The van der Waals surface area contributed by atoms with E-state index in [1.54, 1.807) is 12.1 Å². The Labute approximate surface area is 173 Å². The highest BCUT2D eigenvalue weighted by Crippen LogP contribution is 2.17. The quantitative estimate of drug-likeness (QED) is 0.312. The summed E-state index contributed by atoms with van der Waals surface area (Å²) in [5.74, 6) is 1.20. The Kier molecular flexibility index (Phi) is 6.83. The number of nitro groups is 1. The summed E-state index contributed by atoms with van der Waals surface area (Å²) in [5, 5.41) is 18.0. The topological polar surface area (TPSA) is 121 Å². The third-order valence-corrected chi connectivity index (χ3v) is 4.18. The molecule has 154 valence electrons. The van der Waals surface area contributed by atoms with Crippen molar-refractivity contribution in [3.8, 4) is 0 Å². The molecule has 10 nitrogen and oxygen atoms in total. The van der Waals surface area contributed by atoms with Crippen LogP contribution in [-0.2, 0) is 0 Å². The van der Waals surface area contributed by atoms with Crippen molar-refractivity contribution >= 4 is 35.4 Å². The third-order valence-electron chi connectivity index (χ3n) is 4.18. The molecule has 3 aromatic rings. The predicted octanol–water partition coefficient (Wildman–Crippen LogP) is 3.82. The Morgan fingerprint density at radius 3 is 2.30 bits per heavy atom. The Bertz CT molecular complexity index is 1010. The zero-order chi connectivity index (χ0) is 21.3. The molecule has 0 aliphatic heterocycles. The van der Waals surface area contributed by atoms with E-state index in [1.807, 2.05) is 49.1 Å². The van der Waals surface area contributed by atoms with Gasteiger partial charge in [-0.1, -0.05) is 18.2 Å². The predicted molar refractivity (Wildman–Crippen MR) is 117 cm³/mol. The van der Waals surface area contributed by atoms with Gasteiger partial charge in [-0.2, -0.15) is 20.1 Å². The summed E-state index contributed by atoms with van der Waals surface area (Å²) in [6.07, 6.45) is 1.54. The van der Waals surface area contributed by atoms with E-state index >= 15 is 0 Å². The standard InChI is InChI=1S/C20H22N8O2/c1-3-27(4-2)20-24-18(22-16-8-6-5-7-9-16)23-19(25-20)26-21-14-15-10-12-17(13-11-15)28(29)30/h5-14H,3-4H2,1-2H3,(H2,22,23,24,25,26)/b21-14-. The zero-order valence-electron chi connectivity index (χ0n) is 16.7. The lowest BCUT2D eigenvalue weighted by atomic mass is 10.2. The first-order valence-corrected chi connectivity index (χ1v) is 9.45. The van der Waals surface area contributed by atoms with Gasteiger partial charge < -0.3 is 10.2 Å². The van der Waals surface area contributed by atoms with Gasteiger partial charge in [-0.3, -0.25) is 10.1 Å². The van der Waals surface area contributed by atoms with Crippen molar-refractivity contribution in [1.82, 2.24) is 15.0 Å². The fraction of sp³-hybridized carbons (Fsp3) is 0.200. The van der Waals surface area contributed by atoms with E-state index in [2.05, 4.69) is 30.8 Å². The minimum atomic E-state index is -0.444. The molecule has 0 amide bonds. The van der Waals surface area contributed by atoms with Crippen LogP contribution in [0.4, 0.5) is 29.2 Å². The molecular weight excluding hydrogens is 384 g/mol. The lowest BCUT2D eigenvalue weighted by Crippen LogP contribution is -2.25. The molecule has 0 saturated carbocycles. The van der Waals surface area contributed by atoms with Crippen LogP contribution >= 0.6 is 0 Å². The molecule has 0 aliphatic carbocycles. The summed E-state index contributed by atoms with van der Waals surface area (Å²) < 4.78 is 0. The number of aromatic nitrogens is 3. The third kappa shape index (κ3) is 5.47. The van der Waals surface area contributed by atoms with Crippen molar-refractivity contribution in [2.75, 3.05) is 28.7 Å². The molecule has 0 saturated heterocycles. The number of para-hydroxylation sites is 1. The summed E-state index contributed by atoms with van der Waals surface area (Å²) in [6.45, 7) is 5.54. The second-order valence-corrected chi connectivity index (χ2v) is 6.16. The maximum absolute atomic E-state index is 10.7. The van der Waals surface area contributed by atoms with E-state index in [1.165, 1.54) is 18.3 Å². The highest BCUT2D eigenvalue weighted by molar-refractivity contribution is 5.80. The van der Waals surface area contributed by atoms with Crippen LogP contribution < -0.4 is 15.6 Å². The van der Waals surface area contributed by atoms with Crippen LogP contribution in [0.1, 0.15) is 19.4 Å². The first kappa shape index (κ1) is 20.6. The molecular formula is C20H22N8O2. The number of hydrazone groups is 1. The van der Waals surface area contributed by atoms with Gasteiger partial charge in [-0.25, -0.2) is 5.43 Å². The van der Waals surface area contributed by atoms with E-state index in [4.69, 9.17) is 0 Å². The van der Waals surface area contributed by atoms with Crippen molar-refractivity contribution in [3.63, 3.8) is 0 Å². The number of rotatable bonds is 9. The van der Waals surface area contributed by atoms with Crippen LogP contribution in [0, 0.1) is 10.1 Å². The average molecular weight is 406 g/mol. The number of non-ortho nitro benzene ring substituents is 1. The Morgan fingerprint density at radius 1 is 1.00 bits per heavy atom. The van der Waals surface area contributed by atoms with Crippen LogP contribution in [0.5, 0.6) is 0 Å². The smallest absolute Gasteiger partial charge is 0.269 e. The summed E-state index contributed by atoms with van der Waals surface area (Å²) >= 11 is 0. The van der Waals surface area contributed by atoms with Gasteiger partial charge in [0.05, 0.1) is 11.1 Å². The molecule has 1 heterocycles. The normalized spacial score (nSPS) is 10.7. The van der Waals surface area contributed by atoms with Gasteiger partial charge in [0.2, 0.25) is 17.8 Å². The van der Waals surface area contributed by atoms with Gasteiger partial charge in [0.25, 0.3) is 5.69 Å². The average Bonchev–Trinajstić information content (AvgIpc) is 2.76. The van der Waals surface area contributed by atoms with Crippen LogP contribution in [0.25, 0.3) is 0 Å². The van der Waals surface area contributed by atoms with Crippen molar-refractivity contribution in [1.29, 1.82) is 0 Å². The SMILES string of the molecule is CCN(CC)c1nc(N/N=C\c2ccc([N+](=O)[O-])cc2)nc(Nc2ccccc2)n1. The van der Waals surface area contributed by atoms with Crippen molar-refractivity contribution in [3.05, 3.63) is 70.3 Å². The van der Waals surface area contributed by atoms with E-state index < -0.39 is 4.92 Å². The molecule has 0 fully saturated rings. The van der Waals surface area contributed by atoms with Gasteiger partial charge in [0, 0.05) is 30.9 Å². The molecule has 0 radical (unpaired) electrons. The molecule has 2 N–H and O–H groups in total.